The average Bonchev–Trinajstić information content (AvgIpc) is 3.15. The predicted molar refractivity (Wildman–Crippen MR) is 82.3 cm³/mol. The van der Waals surface area contributed by atoms with Gasteiger partial charge in [0.25, 0.3) is 5.91 Å². The number of nitrogens with zero attached hydrogens (tertiary/aromatic N) is 1. The predicted octanol–water partition coefficient (Wildman–Crippen LogP) is 3.30. The molecule has 0 bridgehead atoms. The number of amides is 1. The molecule has 0 saturated carbocycles. The van der Waals surface area contributed by atoms with Gasteiger partial charge in [-0.15, -0.1) is 0 Å². The molecule has 0 radical (unpaired) electrons. The maximum atomic E-state index is 12.4. The summed E-state index contributed by atoms with van der Waals surface area (Å²) in [4.78, 5) is 15.5. The van der Waals surface area contributed by atoms with E-state index in [2.05, 4.69) is 20.5 Å². The highest BCUT2D eigenvalue weighted by atomic mass is 16.1. The second-order valence-electron chi connectivity index (χ2n) is 4.87. The second kappa shape index (κ2) is 4.49. The van der Waals surface area contributed by atoms with Gasteiger partial charge in [-0.1, -0.05) is 12.1 Å². The number of carbonyl (C=O) groups is 1. The number of carbonyl (C=O) groups excluding carboxylic acids is 1. The first-order chi connectivity index (χ1) is 10.3. The lowest BCUT2D eigenvalue weighted by atomic mass is 10.1. The molecule has 0 fully saturated rings. The van der Waals surface area contributed by atoms with E-state index in [0.29, 0.717) is 5.56 Å². The van der Waals surface area contributed by atoms with Gasteiger partial charge in [-0.25, -0.2) is 0 Å². The van der Waals surface area contributed by atoms with Gasteiger partial charge in [-0.3, -0.25) is 9.89 Å². The van der Waals surface area contributed by atoms with Gasteiger partial charge in [-0.2, -0.15) is 5.10 Å². The lowest BCUT2D eigenvalue weighted by molar-refractivity contribution is 0.102. The largest absolute Gasteiger partial charge is 0.361 e. The summed E-state index contributed by atoms with van der Waals surface area (Å²) < 4.78 is 0. The van der Waals surface area contributed by atoms with Crippen molar-refractivity contribution in [3.8, 4) is 0 Å². The van der Waals surface area contributed by atoms with Gasteiger partial charge in [0.2, 0.25) is 0 Å². The number of rotatable bonds is 2. The maximum Gasteiger partial charge on any atom is 0.255 e. The zero-order valence-corrected chi connectivity index (χ0v) is 11.1. The molecule has 4 aromatic rings. The fourth-order valence-electron chi connectivity index (χ4n) is 2.46. The number of aromatic amines is 2. The van der Waals surface area contributed by atoms with E-state index in [1.165, 1.54) is 0 Å². The van der Waals surface area contributed by atoms with E-state index >= 15 is 0 Å². The molecule has 3 N–H and O–H groups in total. The highest BCUT2D eigenvalue weighted by molar-refractivity contribution is 6.09. The van der Waals surface area contributed by atoms with Crippen LogP contribution in [0.5, 0.6) is 0 Å². The molecule has 2 aromatic heterocycles. The SMILES string of the molecule is O=C(Nc1cccc2[nH]ncc12)c1ccc2cc[nH]c2c1. The standard InChI is InChI=1S/C16H12N4O/c21-16(11-5-4-10-6-7-17-15(10)8-11)19-13-2-1-3-14-12(13)9-18-20-14/h1-9,17H,(H,18,20)(H,19,21). The average molecular weight is 276 g/mol. The normalized spacial score (nSPS) is 11.0. The van der Waals surface area contributed by atoms with Crippen molar-refractivity contribution in [3.05, 3.63) is 60.4 Å². The molecule has 1 amide bonds. The van der Waals surface area contributed by atoms with Crippen LogP contribution in [0, 0.1) is 0 Å². The van der Waals surface area contributed by atoms with E-state index in [4.69, 9.17) is 0 Å². The summed E-state index contributed by atoms with van der Waals surface area (Å²) in [6.45, 7) is 0. The van der Waals surface area contributed by atoms with Crippen LogP contribution in [-0.4, -0.2) is 21.1 Å². The fraction of sp³-hybridized carbons (Fsp3) is 0. The minimum atomic E-state index is -0.139. The number of aromatic nitrogens is 3. The van der Waals surface area contributed by atoms with Crippen molar-refractivity contribution in [3.63, 3.8) is 0 Å². The Kier molecular flexibility index (Phi) is 2.50. The summed E-state index contributed by atoms with van der Waals surface area (Å²) in [6, 6.07) is 13.2. The molecule has 5 heteroatoms. The highest BCUT2D eigenvalue weighted by Gasteiger charge is 2.10. The minimum absolute atomic E-state index is 0.139. The molecule has 5 nitrogen and oxygen atoms in total. The highest BCUT2D eigenvalue weighted by Crippen LogP contribution is 2.22. The molecule has 2 aromatic carbocycles. The Hall–Kier alpha value is -3.08. The van der Waals surface area contributed by atoms with Crippen molar-refractivity contribution < 1.29 is 4.79 Å². The monoisotopic (exact) mass is 276 g/mol. The number of H-pyrrole nitrogens is 2. The lowest BCUT2D eigenvalue weighted by Gasteiger charge is -2.06. The molecule has 0 unspecified atom stereocenters. The van der Waals surface area contributed by atoms with Crippen molar-refractivity contribution in [1.29, 1.82) is 0 Å². The Bertz CT molecular complexity index is 951. The Morgan fingerprint density at radius 2 is 2.05 bits per heavy atom. The number of benzene rings is 2. The van der Waals surface area contributed by atoms with Crippen LogP contribution in [0.25, 0.3) is 21.8 Å². The van der Waals surface area contributed by atoms with Crippen LogP contribution in [0.1, 0.15) is 10.4 Å². The van der Waals surface area contributed by atoms with E-state index < -0.39 is 0 Å². The maximum absolute atomic E-state index is 12.4. The number of hydrogen-bond acceptors (Lipinski definition) is 2. The van der Waals surface area contributed by atoms with Crippen LogP contribution in [0.2, 0.25) is 0 Å². The molecule has 4 rings (SSSR count). The minimum Gasteiger partial charge on any atom is -0.361 e. The van der Waals surface area contributed by atoms with Crippen LogP contribution in [0.4, 0.5) is 5.69 Å². The first kappa shape index (κ1) is 11.7. The Balaban J connectivity index is 1.70. The van der Waals surface area contributed by atoms with Crippen molar-refractivity contribution in [2.75, 3.05) is 5.32 Å². The van der Waals surface area contributed by atoms with Crippen LogP contribution in [0.15, 0.2) is 54.9 Å². The van der Waals surface area contributed by atoms with Crippen LogP contribution in [-0.2, 0) is 0 Å². The van der Waals surface area contributed by atoms with E-state index in [0.717, 1.165) is 27.5 Å². The quantitative estimate of drug-likeness (QED) is 0.525. The molecule has 0 saturated heterocycles. The van der Waals surface area contributed by atoms with Crippen LogP contribution < -0.4 is 5.32 Å². The number of hydrogen-bond donors (Lipinski definition) is 3. The van der Waals surface area contributed by atoms with Gasteiger partial charge < -0.3 is 10.3 Å². The Morgan fingerprint density at radius 1 is 1.10 bits per heavy atom. The summed E-state index contributed by atoms with van der Waals surface area (Å²) >= 11 is 0. The van der Waals surface area contributed by atoms with Gasteiger partial charge >= 0.3 is 0 Å². The van der Waals surface area contributed by atoms with Gasteiger partial charge in [0, 0.05) is 22.7 Å². The molecule has 0 aliphatic rings. The molecule has 102 valence electrons. The first-order valence-corrected chi connectivity index (χ1v) is 6.62. The van der Waals surface area contributed by atoms with Crippen LogP contribution >= 0.6 is 0 Å². The summed E-state index contributed by atoms with van der Waals surface area (Å²) in [5.74, 6) is -0.139. The van der Waals surface area contributed by atoms with E-state index in [1.807, 2.05) is 48.7 Å². The van der Waals surface area contributed by atoms with Crippen molar-refractivity contribution in [2.24, 2.45) is 0 Å². The molecule has 0 atom stereocenters. The van der Waals surface area contributed by atoms with E-state index in [1.54, 1.807) is 6.20 Å². The Morgan fingerprint density at radius 3 is 3.00 bits per heavy atom. The van der Waals surface area contributed by atoms with Crippen LogP contribution in [0.3, 0.4) is 0 Å². The van der Waals surface area contributed by atoms with Crippen molar-refractivity contribution in [2.45, 2.75) is 0 Å². The number of fused-ring (bicyclic) bond motifs is 2. The summed E-state index contributed by atoms with van der Waals surface area (Å²) in [6.07, 6.45) is 3.57. The molecule has 0 spiro atoms. The van der Waals surface area contributed by atoms with Crippen molar-refractivity contribution in [1.82, 2.24) is 15.2 Å². The first-order valence-electron chi connectivity index (χ1n) is 6.62. The van der Waals surface area contributed by atoms with Gasteiger partial charge in [-0.05, 0) is 35.7 Å². The zero-order valence-electron chi connectivity index (χ0n) is 11.1. The second-order valence-corrected chi connectivity index (χ2v) is 4.87. The summed E-state index contributed by atoms with van der Waals surface area (Å²) in [7, 11) is 0. The molecule has 2 heterocycles. The van der Waals surface area contributed by atoms with Gasteiger partial charge in [0.15, 0.2) is 0 Å². The fourth-order valence-corrected chi connectivity index (χ4v) is 2.46. The lowest BCUT2D eigenvalue weighted by Crippen LogP contribution is -2.11. The third kappa shape index (κ3) is 1.95. The van der Waals surface area contributed by atoms with E-state index in [9.17, 15) is 4.79 Å². The third-order valence-corrected chi connectivity index (χ3v) is 3.55. The molecule has 21 heavy (non-hydrogen) atoms. The van der Waals surface area contributed by atoms with E-state index in [-0.39, 0.29) is 5.91 Å². The van der Waals surface area contributed by atoms with Gasteiger partial charge in [0.1, 0.15) is 0 Å². The Labute approximate surface area is 120 Å². The van der Waals surface area contributed by atoms with Crippen molar-refractivity contribution >= 4 is 33.4 Å². The smallest absolute Gasteiger partial charge is 0.255 e. The number of nitrogens with one attached hydrogen (secondary N) is 3. The topological polar surface area (TPSA) is 73.6 Å². The van der Waals surface area contributed by atoms with Gasteiger partial charge in [0.05, 0.1) is 17.4 Å². The molecular weight excluding hydrogens is 264 g/mol. The molecule has 0 aliphatic heterocycles. The third-order valence-electron chi connectivity index (χ3n) is 3.55. The summed E-state index contributed by atoms with van der Waals surface area (Å²) in [5, 5.41) is 11.8. The summed E-state index contributed by atoms with van der Waals surface area (Å²) in [5.41, 5.74) is 3.21. The number of anilines is 1. The molecule has 0 aliphatic carbocycles. The zero-order chi connectivity index (χ0) is 14.2. The molecular formula is C16H12N4O.